The second-order valence-corrected chi connectivity index (χ2v) is 10.2. The van der Waals surface area contributed by atoms with Crippen molar-refractivity contribution in [3.05, 3.63) is 47.6 Å². The van der Waals surface area contributed by atoms with Crippen LogP contribution in [0.15, 0.2) is 46.9 Å². The molecule has 1 unspecified atom stereocenters. The van der Waals surface area contributed by atoms with Gasteiger partial charge in [0, 0.05) is 24.7 Å². The first kappa shape index (κ1) is 19.1. The van der Waals surface area contributed by atoms with Gasteiger partial charge in [-0.1, -0.05) is 24.3 Å². The molecular weight excluding hydrogens is 374 g/mol. The number of sulfone groups is 1. The topological polar surface area (TPSA) is 80.3 Å². The van der Waals surface area contributed by atoms with Crippen LogP contribution in [0.2, 0.25) is 0 Å². The van der Waals surface area contributed by atoms with Crippen LogP contribution in [0, 0.1) is 11.8 Å². The summed E-state index contributed by atoms with van der Waals surface area (Å²) < 4.78 is 23.5. The number of Topliss-reactive ketones (excluding diaryl/α,β-unsaturated/α-hetero) is 1. The van der Waals surface area contributed by atoms with Crippen LogP contribution in [0.1, 0.15) is 44.1 Å². The Balaban J connectivity index is 1.65. The van der Waals surface area contributed by atoms with Crippen LogP contribution in [0.5, 0.6) is 0 Å². The SMILES string of the molecule is CS(=O)(=O)c1ccc(/C(=C\[C@H]2CCC(=O)C2)C2CC=C(C3CC3)C(=O)N2)cc1. The normalized spacial score (nSPS) is 26.2. The first-order chi connectivity index (χ1) is 13.3. The van der Waals surface area contributed by atoms with Crippen molar-refractivity contribution in [1.82, 2.24) is 5.32 Å². The highest BCUT2D eigenvalue weighted by Crippen LogP contribution is 2.39. The van der Waals surface area contributed by atoms with Gasteiger partial charge in [0.2, 0.25) is 5.91 Å². The molecule has 5 nitrogen and oxygen atoms in total. The Kier molecular flexibility index (Phi) is 5.00. The third-order valence-electron chi connectivity index (χ3n) is 5.85. The third-order valence-corrected chi connectivity index (χ3v) is 6.98. The van der Waals surface area contributed by atoms with E-state index in [2.05, 4.69) is 17.5 Å². The van der Waals surface area contributed by atoms with Crippen LogP contribution in [0.3, 0.4) is 0 Å². The second-order valence-electron chi connectivity index (χ2n) is 8.16. The van der Waals surface area contributed by atoms with Gasteiger partial charge < -0.3 is 5.32 Å². The Hall–Kier alpha value is -2.21. The quantitative estimate of drug-likeness (QED) is 0.825. The minimum absolute atomic E-state index is 0.0000885. The van der Waals surface area contributed by atoms with E-state index in [0.717, 1.165) is 42.4 Å². The molecule has 2 fully saturated rings. The lowest BCUT2D eigenvalue weighted by Gasteiger charge is -2.27. The van der Waals surface area contributed by atoms with Crippen molar-refractivity contribution in [2.75, 3.05) is 6.26 Å². The minimum Gasteiger partial charge on any atom is -0.345 e. The van der Waals surface area contributed by atoms with Crippen molar-refractivity contribution in [3.63, 3.8) is 0 Å². The number of rotatable bonds is 5. The van der Waals surface area contributed by atoms with Gasteiger partial charge in [-0.05, 0) is 60.8 Å². The van der Waals surface area contributed by atoms with Crippen molar-refractivity contribution in [2.45, 2.75) is 49.5 Å². The van der Waals surface area contributed by atoms with Crippen LogP contribution in [0.25, 0.3) is 5.57 Å². The zero-order chi connectivity index (χ0) is 19.9. The number of allylic oxidation sites excluding steroid dienone is 1. The predicted molar refractivity (Wildman–Crippen MR) is 107 cm³/mol. The number of ketones is 1. The summed E-state index contributed by atoms with van der Waals surface area (Å²) in [5.41, 5.74) is 2.76. The maximum absolute atomic E-state index is 12.6. The number of hydrogen-bond donors (Lipinski definition) is 1. The molecule has 0 aromatic heterocycles. The maximum Gasteiger partial charge on any atom is 0.247 e. The molecule has 1 amide bonds. The van der Waals surface area contributed by atoms with Gasteiger partial charge in [-0.15, -0.1) is 0 Å². The van der Waals surface area contributed by atoms with E-state index < -0.39 is 9.84 Å². The fraction of sp³-hybridized carbons (Fsp3) is 0.455. The van der Waals surface area contributed by atoms with E-state index in [0.29, 0.717) is 18.8 Å². The van der Waals surface area contributed by atoms with Crippen molar-refractivity contribution in [2.24, 2.45) is 11.8 Å². The van der Waals surface area contributed by atoms with Crippen molar-refractivity contribution < 1.29 is 18.0 Å². The van der Waals surface area contributed by atoms with E-state index in [4.69, 9.17) is 0 Å². The van der Waals surface area contributed by atoms with E-state index in [1.165, 1.54) is 6.26 Å². The molecule has 1 N–H and O–H groups in total. The Morgan fingerprint density at radius 2 is 1.82 bits per heavy atom. The summed E-state index contributed by atoms with van der Waals surface area (Å²) in [6.45, 7) is 0. The lowest BCUT2D eigenvalue weighted by Crippen LogP contribution is -2.40. The van der Waals surface area contributed by atoms with Gasteiger partial charge in [0.25, 0.3) is 0 Å². The van der Waals surface area contributed by atoms with Crippen LogP contribution >= 0.6 is 0 Å². The minimum atomic E-state index is -3.26. The first-order valence-corrected chi connectivity index (χ1v) is 11.8. The van der Waals surface area contributed by atoms with Gasteiger partial charge in [-0.3, -0.25) is 9.59 Å². The maximum atomic E-state index is 12.6. The Morgan fingerprint density at radius 1 is 1.11 bits per heavy atom. The van der Waals surface area contributed by atoms with Crippen LogP contribution < -0.4 is 5.32 Å². The Morgan fingerprint density at radius 3 is 2.36 bits per heavy atom. The van der Waals surface area contributed by atoms with Gasteiger partial charge in [0.05, 0.1) is 10.9 Å². The number of amides is 1. The van der Waals surface area contributed by atoms with Gasteiger partial charge in [0.15, 0.2) is 9.84 Å². The fourth-order valence-electron chi connectivity index (χ4n) is 4.14. The molecule has 6 heteroatoms. The van der Waals surface area contributed by atoms with Crippen molar-refractivity contribution in [1.29, 1.82) is 0 Å². The van der Waals surface area contributed by atoms with Gasteiger partial charge in [-0.25, -0.2) is 8.42 Å². The summed E-state index contributed by atoms with van der Waals surface area (Å²) in [6.07, 6.45) is 10.2. The molecule has 2 atom stereocenters. The van der Waals surface area contributed by atoms with E-state index >= 15 is 0 Å². The number of carbonyl (C=O) groups is 2. The predicted octanol–water partition coefficient (Wildman–Crippen LogP) is 3.07. The van der Waals surface area contributed by atoms with Crippen molar-refractivity contribution >= 4 is 27.1 Å². The molecule has 148 valence electrons. The highest BCUT2D eigenvalue weighted by atomic mass is 32.2. The summed E-state index contributed by atoms with van der Waals surface area (Å²) in [6, 6.07) is 6.65. The number of hydrogen-bond acceptors (Lipinski definition) is 4. The highest BCUT2D eigenvalue weighted by molar-refractivity contribution is 7.90. The molecule has 28 heavy (non-hydrogen) atoms. The van der Waals surface area contributed by atoms with Crippen LogP contribution in [-0.4, -0.2) is 32.4 Å². The first-order valence-electron chi connectivity index (χ1n) is 9.86. The molecule has 3 aliphatic rings. The van der Waals surface area contributed by atoms with E-state index in [1.807, 2.05) is 0 Å². The zero-order valence-corrected chi connectivity index (χ0v) is 16.8. The summed E-state index contributed by atoms with van der Waals surface area (Å²) in [7, 11) is -3.26. The van der Waals surface area contributed by atoms with Gasteiger partial charge in [-0.2, -0.15) is 0 Å². The number of nitrogens with one attached hydrogen (secondary N) is 1. The largest absolute Gasteiger partial charge is 0.345 e. The third kappa shape index (κ3) is 4.12. The zero-order valence-electron chi connectivity index (χ0n) is 16.0. The van der Waals surface area contributed by atoms with E-state index in [-0.39, 0.29) is 28.5 Å². The monoisotopic (exact) mass is 399 g/mol. The molecule has 0 spiro atoms. The summed E-state index contributed by atoms with van der Waals surface area (Å²) >= 11 is 0. The molecule has 0 bridgehead atoms. The lowest BCUT2D eigenvalue weighted by atomic mass is 9.88. The summed E-state index contributed by atoms with van der Waals surface area (Å²) in [5, 5.41) is 3.14. The molecule has 1 aromatic carbocycles. The fourth-order valence-corrected chi connectivity index (χ4v) is 4.77. The molecule has 1 aromatic rings. The lowest BCUT2D eigenvalue weighted by molar-refractivity contribution is -0.119. The molecule has 0 radical (unpaired) electrons. The summed E-state index contributed by atoms with van der Waals surface area (Å²) in [5.74, 6) is 0.856. The van der Waals surface area contributed by atoms with Gasteiger partial charge >= 0.3 is 0 Å². The number of benzene rings is 1. The molecule has 1 heterocycles. The highest BCUT2D eigenvalue weighted by Gasteiger charge is 2.34. The molecule has 0 saturated heterocycles. The molecule has 2 saturated carbocycles. The van der Waals surface area contributed by atoms with E-state index in [1.54, 1.807) is 24.3 Å². The Bertz CT molecular complexity index is 968. The standard InChI is InChI=1S/C22H25NO4S/c1-28(26,27)18-8-5-16(6-9-18)20(13-14-2-7-17(24)12-14)21-11-10-19(15-3-4-15)22(25)23-21/h5-6,8-10,13-15,21H,2-4,7,11-12H2,1H3,(H,23,25)/b20-13+/t14-,21?/m0/s1. The molecule has 4 rings (SSSR count). The van der Waals surface area contributed by atoms with Gasteiger partial charge in [0.1, 0.15) is 5.78 Å². The van der Waals surface area contributed by atoms with Crippen molar-refractivity contribution in [3.8, 4) is 0 Å². The van der Waals surface area contributed by atoms with Crippen LogP contribution in [0.4, 0.5) is 0 Å². The van der Waals surface area contributed by atoms with E-state index in [9.17, 15) is 18.0 Å². The smallest absolute Gasteiger partial charge is 0.247 e. The number of carbonyl (C=O) groups excluding carboxylic acids is 2. The summed E-state index contributed by atoms with van der Waals surface area (Å²) in [4.78, 5) is 24.5. The molecular formula is C22H25NO4S. The average Bonchev–Trinajstić information content (AvgIpc) is 3.40. The molecule has 1 aliphatic heterocycles. The van der Waals surface area contributed by atoms with Crippen LogP contribution in [-0.2, 0) is 19.4 Å². The second kappa shape index (κ2) is 7.32. The Labute approximate surface area is 165 Å². The molecule has 2 aliphatic carbocycles. The average molecular weight is 400 g/mol.